The van der Waals surface area contributed by atoms with E-state index in [1.54, 1.807) is 13.8 Å². The molecule has 0 spiro atoms. The van der Waals surface area contributed by atoms with Gasteiger partial charge in [-0.1, -0.05) is 0 Å². The van der Waals surface area contributed by atoms with Gasteiger partial charge in [0, 0.05) is 23.1 Å². The van der Waals surface area contributed by atoms with Crippen LogP contribution >= 0.6 is 0 Å². The number of aromatic amines is 1. The Hall–Kier alpha value is -3.49. The molecule has 2 N–H and O–H groups in total. The van der Waals surface area contributed by atoms with Gasteiger partial charge >= 0.3 is 5.97 Å². The Kier molecular flexibility index (Phi) is 6.61. The number of benzene rings is 1. The molecular formula is C21H25N5O4. The van der Waals surface area contributed by atoms with Gasteiger partial charge in [-0.25, -0.2) is 15.0 Å². The number of aryl methyl sites for hydroxylation is 2. The molecular weight excluding hydrogens is 386 g/mol. The highest BCUT2D eigenvalue weighted by Crippen LogP contribution is 2.23. The molecule has 2 heterocycles. The van der Waals surface area contributed by atoms with Crippen LogP contribution < -0.4 is 15.6 Å². The number of nitrogens with one attached hydrogen (secondary N) is 2. The standard InChI is InChI=1S/C21H25N5O4/c1-5-29-14-7-9-17-16(11-14)13(4)23-20(24-17)26-21-22-12(3)15(19(28)25-21)8-10-18(27)30-6-2/h7,9,11H,5-6,8,10H2,1-4H3,(H2,22,23,24,25,26,28). The number of hydrogen-bond donors (Lipinski definition) is 2. The van der Waals surface area contributed by atoms with E-state index in [0.29, 0.717) is 30.4 Å². The first-order valence-corrected chi connectivity index (χ1v) is 9.84. The third-order valence-corrected chi connectivity index (χ3v) is 4.51. The molecule has 0 fully saturated rings. The van der Waals surface area contributed by atoms with Crippen molar-refractivity contribution in [1.29, 1.82) is 0 Å². The Morgan fingerprint density at radius 2 is 1.90 bits per heavy atom. The van der Waals surface area contributed by atoms with E-state index >= 15 is 0 Å². The second-order valence-electron chi connectivity index (χ2n) is 6.65. The second-order valence-corrected chi connectivity index (χ2v) is 6.65. The van der Waals surface area contributed by atoms with Gasteiger partial charge in [0.2, 0.25) is 11.9 Å². The van der Waals surface area contributed by atoms with Crippen LogP contribution in [-0.2, 0) is 16.0 Å². The molecule has 9 nitrogen and oxygen atoms in total. The van der Waals surface area contributed by atoms with Crippen LogP contribution in [0.5, 0.6) is 5.75 Å². The van der Waals surface area contributed by atoms with Crippen LogP contribution in [0.25, 0.3) is 10.9 Å². The summed E-state index contributed by atoms with van der Waals surface area (Å²) in [4.78, 5) is 40.0. The van der Waals surface area contributed by atoms with Crippen molar-refractivity contribution in [3.8, 4) is 5.75 Å². The summed E-state index contributed by atoms with van der Waals surface area (Å²) in [5.41, 5.74) is 2.19. The lowest BCUT2D eigenvalue weighted by atomic mass is 10.1. The van der Waals surface area contributed by atoms with Gasteiger partial charge in [-0.2, -0.15) is 0 Å². The summed E-state index contributed by atoms with van der Waals surface area (Å²) in [6.45, 7) is 8.17. The number of hydrogen-bond acceptors (Lipinski definition) is 8. The summed E-state index contributed by atoms with van der Waals surface area (Å²) in [7, 11) is 0. The molecule has 30 heavy (non-hydrogen) atoms. The van der Waals surface area contributed by atoms with E-state index in [9.17, 15) is 9.59 Å². The number of H-pyrrole nitrogens is 1. The molecule has 0 radical (unpaired) electrons. The molecule has 0 aliphatic carbocycles. The number of carbonyl (C=O) groups is 1. The Balaban J connectivity index is 1.82. The van der Waals surface area contributed by atoms with Gasteiger partial charge in [0.05, 0.1) is 24.4 Å². The average molecular weight is 411 g/mol. The minimum atomic E-state index is -0.342. The molecule has 0 bridgehead atoms. The van der Waals surface area contributed by atoms with Crippen LogP contribution in [0.15, 0.2) is 23.0 Å². The van der Waals surface area contributed by atoms with Gasteiger partial charge in [0.25, 0.3) is 5.56 Å². The minimum Gasteiger partial charge on any atom is -0.494 e. The van der Waals surface area contributed by atoms with E-state index in [1.165, 1.54) is 0 Å². The quantitative estimate of drug-likeness (QED) is 0.543. The monoisotopic (exact) mass is 411 g/mol. The summed E-state index contributed by atoms with van der Waals surface area (Å²) < 4.78 is 10.4. The Morgan fingerprint density at radius 1 is 1.10 bits per heavy atom. The highest BCUT2D eigenvalue weighted by molar-refractivity contribution is 5.83. The number of rotatable bonds is 8. The van der Waals surface area contributed by atoms with Crippen LogP contribution in [-0.4, -0.2) is 39.1 Å². The maximum atomic E-state index is 12.5. The second kappa shape index (κ2) is 9.34. The van der Waals surface area contributed by atoms with Gasteiger partial charge in [-0.3, -0.25) is 19.9 Å². The Morgan fingerprint density at radius 3 is 2.60 bits per heavy atom. The van der Waals surface area contributed by atoms with Gasteiger partial charge < -0.3 is 9.47 Å². The van der Waals surface area contributed by atoms with Crippen LogP contribution in [0.2, 0.25) is 0 Å². The number of carbonyl (C=O) groups excluding carboxylic acids is 1. The molecule has 0 saturated carbocycles. The van der Waals surface area contributed by atoms with E-state index in [-0.39, 0.29) is 30.3 Å². The fraction of sp³-hybridized carbons (Fsp3) is 0.381. The predicted molar refractivity (Wildman–Crippen MR) is 113 cm³/mol. The average Bonchev–Trinajstić information content (AvgIpc) is 2.68. The number of nitrogens with zero attached hydrogens (tertiary/aromatic N) is 3. The van der Waals surface area contributed by atoms with Crippen molar-refractivity contribution in [2.75, 3.05) is 18.5 Å². The van der Waals surface area contributed by atoms with E-state index in [0.717, 1.165) is 22.3 Å². The number of fused-ring (bicyclic) bond motifs is 1. The minimum absolute atomic E-state index is 0.128. The molecule has 0 atom stereocenters. The third-order valence-electron chi connectivity index (χ3n) is 4.51. The van der Waals surface area contributed by atoms with Crippen molar-refractivity contribution in [1.82, 2.24) is 19.9 Å². The molecule has 2 aromatic heterocycles. The third kappa shape index (κ3) is 4.91. The molecule has 3 aromatic rings. The number of aromatic nitrogens is 4. The molecule has 0 saturated heterocycles. The number of ether oxygens (including phenoxy) is 2. The van der Waals surface area contributed by atoms with Crippen LogP contribution in [0.4, 0.5) is 11.9 Å². The van der Waals surface area contributed by atoms with E-state index < -0.39 is 0 Å². The SMILES string of the molecule is CCOC(=O)CCc1c(C)nc(Nc2nc(C)c3cc(OCC)ccc3n2)[nH]c1=O. The molecule has 158 valence electrons. The number of anilines is 2. The Bertz CT molecular complexity index is 1130. The normalized spacial score (nSPS) is 10.8. The first-order chi connectivity index (χ1) is 14.4. The maximum Gasteiger partial charge on any atom is 0.306 e. The first kappa shape index (κ1) is 21.2. The lowest BCUT2D eigenvalue weighted by Crippen LogP contribution is -2.20. The highest BCUT2D eigenvalue weighted by Gasteiger charge is 2.13. The van der Waals surface area contributed by atoms with Crippen molar-refractivity contribution < 1.29 is 14.3 Å². The van der Waals surface area contributed by atoms with Gasteiger partial charge in [-0.05, 0) is 52.3 Å². The molecule has 0 unspecified atom stereocenters. The molecule has 0 aliphatic rings. The van der Waals surface area contributed by atoms with Crippen molar-refractivity contribution in [2.45, 2.75) is 40.5 Å². The fourth-order valence-electron chi connectivity index (χ4n) is 3.10. The fourth-order valence-corrected chi connectivity index (χ4v) is 3.10. The lowest BCUT2D eigenvalue weighted by molar-refractivity contribution is -0.143. The zero-order valence-electron chi connectivity index (χ0n) is 17.5. The van der Waals surface area contributed by atoms with Crippen LogP contribution in [0.3, 0.4) is 0 Å². The van der Waals surface area contributed by atoms with Crippen molar-refractivity contribution >= 4 is 28.8 Å². The van der Waals surface area contributed by atoms with Gasteiger partial charge in [-0.15, -0.1) is 0 Å². The van der Waals surface area contributed by atoms with Crippen molar-refractivity contribution in [2.24, 2.45) is 0 Å². The van der Waals surface area contributed by atoms with Crippen LogP contribution in [0, 0.1) is 13.8 Å². The first-order valence-electron chi connectivity index (χ1n) is 9.84. The zero-order valence-corrected chi connectivity index (χ0v) is 17.5. The molecule has 1 aromatic carbocycles. The summed E-state index contributed by atoms with van der Waals surface area (Å²) in [5.74, 6) is 0.983. The lowest BCUT2D eigenvalue weighted by Gasteiger charge is -2.10. The summed E-state index contributed by atoms with van der Waals surface area (Å²) >= 11 is 0. The topological polar surface area (TPSA) is 119 Å². The van der Waals surface area contributed by atoms with Crippen molar-refractivity contribution in [3.05, 3.63) is 45.5 Å². The smallest absolute Gasteiger partial charge is 0.306 e. The zero-order chi connectivity index (χ0) is 21.7. The van der Waals surface area contributed by atoms with Gasteiger partial charge in [0.15, 0.2) is 0 Å². The highest BCUT2D eigenvalue weighted by atomic mass is 16.5. The molecule has 0 amide bonds. The summed E-state index contributed by atoms with van der Waals surface area (Å²) in [5, 5.41) is 3.85. The molecule has 9 heteroatoms. The maximum absolute atomic E-state index is 12.5. The summed E-state index contributed by atoms with van der Waals surface area (Å²) in [6, 6.07) is 5.62. The van der Waals surface area contributed by atoms with E-state index in [1.807, 2.05) is 32.0 Å². The number of esters is 1. The van der Waals surface area contributed by atoms with E-state index in [2.05, 4.69) is 25.3 Å². The summed E-state index contributed by atoms with van der Waals surface area (Å²) in [6.07, 6.45) is 0.393. The molecule has 3 rings (SSSR count). The van der Waals surface area contributed by atoms with Crippen molar-refractivity contribution in [3.63, 3.8) is 0 Å². The predicted octanol–water partition coefficient (Wildman–Crippen LogP) is 2.97. The van der Waals surface area contributed by atoms with Crippen LogP contribution in [0.1, 0.15) is 37.2 Å². The Labute approximate surface area is 173 Å². The molecule has 0 aliphatic heterocycles. The largest absolute Gasteiger partial charge is 0.494 e. The van der Waals surface area contributed by atoms with E-state index in [4.69, 9.17) is 9.47 Å². The van der Waals surface area contributed by atoms with Gasteiger partial charge in [0.1, 0.15) is 5.75 Å².